The van der Waals surface area contributed by atoms with Gasteiger partial charge in [-0.05, 0) is 43.5 Å². The maximum absolute atomic E-state index is 13.3. The van der Waals surface area contributed by atoms with Crippen molar-refractivity contribution in [3.63, 3.8) is 0 Å². The van der Waals surface area contributed by atoms with E-state index >= 15 is 0 Å². The summed E-state index contributed by atoms with van der Waals surface area (Å²) in [5.41, 5.74) is 0.283. The standard InChI is InChI=1S/C14H14FN5O2S2/c1-8-6-10(4-5-11(8)15)24(21,22)16-7-12-19-20-13(9-2-3-9)17-18-14(20)23-12/h4-6,9,16H,2-3,7H2,1H3. The Hall–Kier alpha value is -1.91. The molecule has 1 fully saturated rings. The van der Waals surface area contributed by atoms with Gasteiger partial charge in [-0.2, -0.15) is 9.61 Å². The first kappa shape index (κ1) is 15.6. The smallest absolute Gasteiger partial charge is 0.207 e. The Bertz CT molecular complexity index is 1020. The number of hydrogen-bond acceptors (Lipinski definition) is 6. The van der Waals surface area contributed by atoms with Crippen LogP contribution in [0.5, 0.6) is 0 Å². The van der Waals surface area contributed by atoms with E-state index in [9.17, 15) is 12.8 Å². The van der Waals surface area contributed by atoms with Crippen LogP contribution in [0.4, 0.5) is 4.39 Å². The van der Waals surface area contributed by atoms with Crippen molar-refractivity contribution in [3.05, 3.63) is 40.4 Å². The Morgan fingerprint density at radius 2 is 2.17 bits per heavy atom. The van der Waals surface area contributed by atoms with Crippen molar-refractivity contribution in [3.8, 4) is 0 Å². The molecule has 2 aromatic heterocycles. The van der Waals surface area contributed by atoms with Crippen molar-refractivity contribution in [2.45, 2.75) is 37.1 Å². The highest BCUT2D eigenvalue weighted by Crippen LogP contribution is 2.39. The van der Waals surface area contributed by atoms with Crippen LogP contribution in [0.15, 0.2) is 23.1 Å². The third-order valence-electron chi connectivity index (χ3n) is 3.85. The first-order chi connectivity index (χ1) is 11.4. The van der Waals surface area contributed by atoms with Gasteiger partial charge in [0.25, 0.3) is 0 Å². The summed E-state index contributed by atoms with van der Waals surface area (Å²) >= 11 is 1.30. The summed E-state index contributed by atoms with van der Waals surface area (Å²) in [4.78, 5) is 0.687. The maximum atomic E-state index is 13.3. The predicted molar refractivity (Wildman–Crippen MR) is 85.8 cm³/mol. The summed E-state index contributed by atoms with van der Waals surface area (Å²) in [6.07, 6.45) is 2.18. The van der Waals surface area contributed by atoms with Gasteiger partial charge >= 0.3 is 0 Å². The molecule has 2 heterocycles. The van der Waals surface area contributed by atoms with Crippen LogP contribution in [0.2, 0.25) is 0 Å². The van der Waals surface area contributed by atoms with Gasteiger partial charge in [0.15, 0.2) is 5.82 Å². The minimum absolute atomic E-state index is 0.0306. The number of benzene rings is 1. The SMILES string of the molecule is Cc1cc(S(=O)(=O)NCc2nn3c(C4CC4)nnc3s2)ccc1F. The fourth-order valence-corrected chi connectivity index (χ4v) is 4.31. The van der Waals surface area contributed by atoms with Crippen LogP contribution in [-0.4, -0.2) is 28.2 Å². The van der Waals surface area contributed by atoms with E-state index in [1.165, 1.54) is 30.4 Å². The number of nitrogens with zero attached hydrogens (tertiary/aromatic N) is 4. The number of hydrogen-bond donors (Lipinski definition) is 1. The molecule has 4 rings (SSSR count). The van der Waals surface area contributed by atoms with E-state index in [2.05, 4.69) is 20.0 Å². The number of fused-ring (bicyclic) bond motifs is 1. The lowest BCUT2D eigenvalue weighted by atomic mass is 10.2. The van der Waals surface area contributed by atoms with E-state index in [0.717, 1.165) is 24.7 Å². The molecule has 0 unspecified atom stereocenters. The predicted octanol–water partition coefficient (Wildman–Crippen LogP) is 1.99. The highest BCUT2D eigenvalue weighted by molar-refractivity contribution is 7.89. The Morgan fingerprint density at radius 3 is 2.88 bits per heavy atom. The lowest BCUT2D eigenvalue weighted by Gasteiger charge is -2.06. The Morgan fingerprint density at radius 1 is 1.38 bits per heavy atom. The summed E-state index contributed by atoms with van der Waals surface area (Å²) < 4.78 is 42.1. The van der Waals surface area contributed by atoms with Gasteiger partial charge in [0.1, 0.15) is 10.8 Å². The van der Waals surface area contributed by atoms with Gasteiger partial charge in [0.05, 0.1) is 11.4 Å². The Labute approximate surface area is 141 Å². The second kappa shape index (κ2) is 5.57. The molecule has 0 aliphatic heterocycles. The molecule has 0 amide bonds. The van der Waals surface area contributed by atoms with E-state index < -0.39 is 15.8 Å². The molecular formula is C14H14FN5O2S2. The van der Waals surface area contributed by atoms with Crippen molar-refractivity contribution in [2.24, 2.45) is 0 Å². The molecule has 1 saturated carbocycles. The average Bonchev–Trinajstić information content (AvgIpc) is 3.17. The van der Waals surface area contributed by atoms with Crippen LogP contribution in [0.1, 0.15) is 35.2 Å². The van der Waals surface area contributed by atoms with Gasteiger partial charge in [-0.1, -0.05) is 11.3 Å². The molecule has 1 aliphatic rings. The average molecular weight is 367 g/mol. The highest BCUT2D eigenvalue weighted by atomic mass is 32.2. The number of rotatable bonds is 5. The summed E-state index contributed by atoms with van der Waals surface area (Å²) in [5, 5.41) is 13.2. The number of nitrogens with one attached hydrogen (secondary N) is 1. The molecule has 126 valence electrons. The summed E-state index contributed by atoms with van der Waals surface area (Å²) in [6, 6.07) is 3.70. The zero-order valence-electron chi connectivity index (χ0n) is 12.7. The molecule has 1 aromatic carbocycles. The first-order valence-corrected chi connectivity index (χ1v) is 9.71. The number of aryl methyl sites for hydroxylation is 1. The molecule has 0 atom stereocenters. The van der Waals surface area contributed by atoms with Gasteiger partial charge in [0.2, 0.25) is 15.0 Å². The van der Waals surface area contributed by atoms with Gasteiger partial charge in [-0.15, -0.1) is 10.2 Å². The quantitative estimate of drug-likeness (QED) is 0.745. The summed E-state index contributed by atoms with van der Waals surface area (Å²) in [6.45, 7) is 1.58. The van der Waals surface area contributed by atoms with Crippen LogP contribution < -0.4 is 4.72 Å². The molecule has 1 N–H and O–H groups in total. The molecule has 10 heteroatoms. The van der Waals surface area contributed by atoms with Gasteiger partial charge in [-0.25, -0.2) is 17.5 Å². The summed E-state index contributed by atoms with van der Waals surface area (Å²) in [5.74, 6) is 0.813. The second-order valence-corrected chi connectivity index (χ2v) is 8.57. The topological polar surface area (TPSA) is 89.2 Å². The molecule has 0 spiro atoms. The van der Waals surface area contributed by atoms with E-state index in [1.54, 1.807) is 4.52 Å². The van der Waals surface area contributed by atoms with E-state index in [0.29, 0.717) is 15.9 Å². The minimum Gasteiger partial charge on any atom is -0.207 e. The molecule has 1 aliphatic carbocycles. The second-order valence-electron chi connectivity index (χ2n) is 5.76. The fourth-order valence-electron chi connectivity index (χ4n) is 2.36. The fraction of sp³-hybridized carbons (Fsp3) is 0.357. The van der Waals surface area contributed by atoms with Gasteiger partial charge in [0, 0.05) is 5.92 Å². The van der Waals surface area contributed by atoms with Gasteiger partial charge in [-0.3, -0.25) is 0 Å². The van der Waals surface area contributed by atoms with Crippen molar-refractivity contribution in [1.29, 1.82) is 0 Å². The van der Waals surface area contributed by atoms with Crippen molar-refractivity contribution >= 4 is 26.3 Å². The molecule has 0 saturated heterocycles. The lowest BCUT2D eigenvalue weighted by molar-refractivity contribution is 0.579. The third-order valence-corrected chi connectivity index (χ3v) is 6.15. The van der Waals surface area contributed by atoms with Crippen molar-refractivity contribution < 1.29 is 12.8 Å². The minimum atomic E-state index is -3.73. The number of sulfonamides is 1. The number of halogens is 1. The molecule has 0 radical (unpaired) electrons. The zero-order valence-corrected chi connectivity index (χ0v) is 14.4. The van der Waals surface area contributed by atoms with E-state index in [-0.39, 0.29) is 17.0 Å². The maximum Gasteiger partial charge on any atom is 0.240 e. The molecule has 3 aromatic rings. The van der Waals surface area contributed by atoms with Crippen molar-refractivity contribution in [2.75, 3.05) is 0 Å². The molecule has 24 heavy (non-hydrogen) atoms. The molecule has 0 bridgehead atoms. The van der Waals surface area contributed by atoms with Crippen LogP contribution in [-0.2, 0) is 16.6 Å². The van der Waals surface area contributed by atoms with Crippen molar-refractivity contribution in [1.82, 2.24) is 24.5 Å². The Balaban J connectivity index is 1.54. The third kappa shape index (κ3) is 2.80. The molecule has 7 nitrogen and oxygen atoms in total. The number of aromatic nitrogens is 4. The lowest BCUT2D eigenvalue weighted by Crippen LogP contribution is -2.23. The largest absolute Gasteiger partial charge is 0.240 e. The van der Waals surface area contributed by atoms with E-state index in [1.807, 2.05) is 0 Å². The van der Waals surface area contributed by atoms with Crippen LogP contribution in [0, 0.1) is 12.7 Å². The van der Waals surface area contributed by atoms with Gasteiger partial charge < -0.3 is 0 Å². The normalized spacial score (nSPS) is 15.2. The highest BCUT2D eigenvalue weighted by Gasteiger charge is 2.30. The molecular weight excluding hydrogens is 353 g/mol. The summed E-state index contributed by atoms with van der Waals surface area (Å²) in [7, 11) is -3.73. The zero-order chi connectivity index (χ0) is 16.9. The Kier molecular flexibility index (Phi) is 3.62. The monoisotopic (exact) mass is 367 g/mol. The van der Waals surface area contributed by atoms with Crippen LogP contribution in [0.3, 0.4) is 0 Å². The first-order valence-electron chi connectivity index (χ1n) is 7.41. The van der Waals surface area contributed by atoms with Crippen LogP contribution in [0.25, 0.3) is 4.96 Å². The van der Waals surface area contributed by atoms with E-state index in [4.69, 9.17) is 0 Å². The van der Waals surface area contributed by atoms with Crippen LogP contribution >= 0.6 is 11.3 Å².